The summed E-state index contributed by atoms with van der Waals surface area (Å²) in [5.74, 6) is 1.85. The lowest BCUT2D eigenvalue weighted by Crippen LogP contribution is -2.53. The summed E-state index contributed by atoms with van der Waals surface area (Å²) in [7, 11) is 0. The number of hydrogen-bond acceptors (Lipinski definition) is 5. The largest absolute Gasteiger partial charge is 0.459 e. The minimum atomic E-state index is -0.0716. The van der Waals surface area contributed by atoms with Gasteiger partial charge in [-0.3, -0.25) is 4.79 Å². The van der Waals surface area contributed by atoms with Crippen LogP contribution in [0.25, 0.3) is 11.3 Å². The van der Waals surface area contributed by atoms with Gasteiger partial charge in [-0.2, -0.15) is 0 Å². The van der Waals surface area contributed by atoms with Crippen LogP contribution in [0.5, 0.6) is 0 Å². The summed E-state index contributed by atoms with van der Waals surface area (Å²) in [6.07, 6.45) is 1.52. The molecular formula is C22H26IN5O3. The number of carbonyl (C=O) groups excluding carboxylic acids is 1. The fraction of sp³-hybridized carbons (Fsp3) is 0.318. The number of aromatic nitrogens is 1. The summed E-state index contributed by atoms with van der Waals surface area (Å²) in [5.41, 5.74) is 1.76. The Balaban J connectivity index is 0.00000272. The average Bonchev–Trinajstić information content (AvgIpc) is 3.49. The van der Waals surface area contributed by atoms with Gasteiger partial charge in [0.2, 0.25) is 0 Å². The highest BCUT2D eigenvalue weighted by molar-refractivity contribution is 14.0. The minimum absolute atomic E-state index is 0. The van der Waals surface area contributed by atoms with Crippen molar-refractivity contribution in [3.05, 3.63) is 66.2 Å². The molecule has 1 aliphatic heterocycles. The van der Waals surface area contributed by atoms with E-state index in [0.717, 1.165) is 29.5 Å². The van der Waals surface area contributed by atoms with Gasteiger partial charge in [0.05, 0.1) is 12.8 Å². The maximum atomic E-state index is 12.4. The number of guanidine groups is 1. The number of nitrogens with zero attached hydrogens (tertiary/aromatic N) is 4. The number of rotatable bonds is 5. The molecule has 1 aliphatic rings. The lowest BCUT2D eigenvalue weighted by molar-refractivity contribution is 0.0657. The van der Waals surface area contributed by atoms with E-state index in [4.69, 9.17) is 13.9 Å². The third kappa shape index (κ3) is 5.66. The van der Waals surface area contributed by atoms with Gasteiger partial charge in [0.1, 0.15) is 5.69 Å². The van der Waals surface area contributed by atoms with E-state index >= 15 is 0 Å². The summed E-state index contributed by atoms with van der Waals surface area (Å²) >= 11 is 0. The van der Waals surface area contributed by atoms with Crippen molar-refractivity contribution in [1.29, 1.82) is 0 Å². The van der Waals surface area contributed by atoms with Gasteiger partial charge in [0.25, 0.3) is 5.91 Å². The molecule has 0 aliphatic carbocycles. The van der Waals surface area contributed by atoms with Crippen LogP contribution >= 0.6 is 24.0 Å². The van der Waals surface area contributed by atoms with E-state index in [-0.39, 0.29) is 29.9 Å². The normalized spacial score (nSPS) is 14.3. The van der Waals surface area contributed by atoms with Gasteiger partial charge >= 0.3 is 0 Å². The van der Waals surface area contributed by atoms with Gasteiger partial charge in [-0.25, -0.2) is 4.99 Å². The van der Waals surface area contributed by atoms with E-state index in [9.17, 15) is 4.79 Å². The van der Waals surface area contributed by atoms with E-state index in [2.05, 4.69) is 15.4 Å². The fourth-order valence-electron chi connectivity index (χ4n) is 3.38. The number of hydrogen-bond donors (Lipinski definition) is 1. The number of benzene rings is 1. The summed E-state index contributed by atoms with van der Waals surface area (Å²) in [4.78, 5) is 21.1. The third-order valence-electron chi connectivity index (χ3n) is 4.94. The molecule has 3 heterocycles. The molecule has 3 aromatic rings. The molecule has 0 radical (unpaired) electrons. The van der Waals surface area contributed by atoms with Crippen LogP contribution in [-0.4, -0.2) is 59.5 Å². The zero-order valence-electron chi connectivity index (χ0n) is 17.4. The third-order valence-corrected chi connectivity index (χ3v) is 4.94. The quantitative estimate of drug-likeness (QED) is 0.306. The first-order valence-corrected chi connectivity index (χ1v) is 10.1. The van der Waals surface area contributed by atoms with Crippen LogP contribution in [0.4, 0.5) is 0 Å². The number of carbonyl (C=O) groups is 1. The molecule has 164 valence electrons. The topological polar surface area (TPSA) is 87.1 Å². The SMILES string of the molecule is CCNC(=NCc1cc(-c2ccccc2)on1)N1CCN(C(=O)c2ccco2)CC1.I. The molecule has 1 aromatic carbocycles. The molecule has 1 N–H and O–H groups in total. The number of aliphatic imine (C=N–C) groups is 1. The van der Waals surface area contributed by atoms with Gasteiger partial charge in [-0.05, 0) is 19.1 Å². The van der Waals surface area contributed by atoms with Gasteiger partial charge in [0, 0.05) is 44.4 Å². The number of furan rings is 1. The van der Waals surface area contributed by atoms with Crippen LogP contribution in [0.3, 0.4) is 0 Å². The lowest BCUT2D eigenvalue weighted by Gasteiger charge is -2.36. The molecule has 1 fully saturated rings. The summed E-state index contributed by atoms with van der Waals surface area (Å²) in [6, 6.07) is 15.2. The zero-order chi connectivity index (χ0) is 20.8. The molecule has 0 unspecified atom stereocenters. The smallest absolute Gasteiger partial charge is 0.289 e. The molecule has 4 rings (SSSR count). The Hall–Kier alpha value is -2.82. The number of piperazine rings is 1. The van der Waals surface area contributed by atoms with Crippen molar-refractivity contribution in [2.75, 3.05) is 32.7 Å². The summed E-state index contributed by atoms with van der Waals surface area (Å²) < 4.78 is 10.7. The van der Waals surface area contributed by atoms with Crippen LogP contribution in [0, 0.1) is 0 Å². The minimum Gasteiger partial charge on any atom is -0.459 e. The Labute approximate surface area is 198 Å². The van der Waals surface area contributed by atoms with Crippen molar-refractivity contribution >= 4 is 35.8 Å². The second-order valence-electron chi connectivity index (χ2n) is 6.98. The first kappa shape index (κ1) is 22.9. The molecule has 2 aromatic heterocycles. The Morgan fingerprint density at radius 3 is 2.52 bits per heavy atom. The monoisotopic (exact) mass is 535 g/mol. The second-order valence-corrected chi connectivity index (χ2v) is 6.98. The van der Waals surface area contributed by atoms with Crippen molar-refractivity contribution in [2.45, 2.75) is 13.5 Å². The second kappa shape index (κ2) is 11.0. The van der Waals surface area contributed by atoms with Crippen molar-refractivity contribution in [1.82, 2.24) is 20.3 Å². The molecule has 1 amide bonds. The molecule has 0 spiro atoms. The van der Waals surface area contributed by atoms with Crippen molar-refractivity contribution < 1.29 is 13.7 Å². The van der Waals surface area contributed by atoms with Crippen molar-refractivity contribution in [3.8, 4) is 11.3 Å². The standard InChI is InChI=1S/C22H25N5O3.HI/c1-2-23-22(24-16-18-15-20(30-25-18)17-7-4-3-5-8-17)27-12-10-26(11-13-27)21(28)19-9-6-14-29-19;/h3-9,14-15H,2,10-13,16H2,1H3,(H,23,24);1H. The molecule has 0 saturated carbocycles. The van der Waals surface area contributed by atoms with Crippen molar-refractivity contribution in [3.63, 3.8) is 0 Å². The number of amides is 1. The van der Waals surface area contributed by atoms with Gasteiger partial charge in [0.15, 0.2) is 17.5 Å². The van der Waals surface area contributed by atoms with Crippen LogP contribution in [-0.2, 0) is 6.54 Å². The molecular weight excluding hydrogens is 509 g/mol. The van der Waals surface area contributed by atoms with E-state index in [1.807, 2.05) is 48.2 Å². The molecule has 1 saturated heterocycles. The fourth-order valence-corrected chi connectivity index (χ4v) is 3.38. The highest BCUT2D eigenvalue weighted by atomic mass is 127. The summed E-state index contributed by atoms with van der Waals surface area (Å²) in [6.45, 7) is 5.86. The Bertz CT molecular complexity index is 980. The first-order chi connectivity index (χ1) is 14.7. The molecule has 0 atom stereocenters. The zero-order valence-corrected chi connectivity index (χ0v) is 19.7. The first-order valence-electron chi connectivity index (χ1n) is 10.1. The predicted octanol–water partition coefficient (Wildman–Crippen LogP) is 3.48. The molecule has 8 nitrogen and oxygen atoms in total. The van der Waals surface area contributed by atoms with Gasteiger partial charge < -0.3 is 24.1 Å². The van der Waals surface area contributed by atoms with E-state index in [0.29, 0.717) is 38.5 Å². The maximum Gasteiger partial charge on any atom is 0.289 e. The highest BCUT2D eigenvalue weighted by Gasteiger charge is 2.25. The van der Waals surface area contributed by atoms with E-state index in [1.165, 1.54) is 6.26 Å². The number of halogens is 1. The van der Waals surface area contributed by atoms with Gasteiger partial charge in [-0.15, -0.1) is 24.0 Å². The van der Waals surface area contributed by atoms with Crippen molar-refractivity contribution in [2.24, 2.45) is 4.99 Å². The van der Waals surface area contributed by atoms with Crippen LogP contribution in [0.2, 0.25) is 0 Å². The highest BCUT2D eigenvalue weighted by Crippen LogP contribution is 2.20. The van der Waals surface area contributed by atoms with Crippen LogP contribution in [0.15, 0.2) is 68.7 Å². The molecule has 0 bridgehead atoms. The van der Waals surface area contributed by atoms with E-state index in [1.54, 1.807) is 12.1 Å². The van der Waals surface area contributed by atoms with Crippen LogP contribution in [0.1, 0.15) is 23.2 Å². The summed E-state index contributed by atoms with van der Waals surface area (Å²) in [5, 5.41) is 7.47. The Kier molecular flexibility index (Phi) is 8.10. The number of nitrogens with one attached hydrogen (secondary N) is 1. The van der Waals surface area contributed by atoms with E-state index < -0.39 is 0 Å². The predicted molar refractivity (Wildman–Crippen MR) is 128 cm³/mol. The molecule has 31 heavy (non-hydrogen) atoms. The Morgan fingerprint density at radius 2 is 1.84 bits per heavy atom. The average molecular weight is 535 g/mol. The molecule has 9 heteroatoms. The Morgan fingerprint density at radius 1 is 1.10 bits per heavy atom. The lowest BCUT2D eigenvalue weighted by atomic mass is 10.2. The maximum absolute atomic E-state index is 12.4. The van der Waals surface area contributed by atoms with Gasteiger partial charge in [-0.1, -0.05) is 35.5 Å². The van der Waals surface area contributed by atoms with Crippen LogP contribution < -0.4 is 5.32 Å².